The number of nitrogens with one attached hydrogen (secondary N) is 1. The third-order valence-electron chi connectivity index (χ3n) is 4.46. The second-order valence-electron chi connectivity index (χ2n) is 5.99. The minimum Gasteiger partial charge on any atom is -0.385 e. The summed E-state index contributed by atoms with van der Waals surface area (Å²) in [5, 5.41) is 13.9. The van der Waals surface area contributed by atoms with E-state index in [2.05, 4.69) is 28.2 Å². The van der Waals surface area contributed by atoms with E-state index in [1.165, 1.54) is 7.11 Å². The molecule has 1 aliphatic rings. The van der Waals surface area contributed by atoms with Crippen molar-refractivity contribution >= 4 is 21.5 Å². The van der Waals surface area contributed by atoms with Gasteiger partial charge in [-0.1, -0.05) is 34.1 Å². The summed E-state index contributed by atoms with van der Waals surface area (Å²) in [5.41, 5.74) is 2.63. The zero-order valence-electron chi connectivity index (χ0n) is 14.0. The van der Waals surface area contributed by atoms with Gasteiger partial charge in [-0.2, -0.15) is 0 Å². The van der Waals surface area contributed by atoms with Gasteiger partial charge in [0.05, 0.1) is 0 Å². The molecular weight excluding hydrogens is 358 g/mol. The Morgan fingerprint density at radius 3 is 2.61 bits per heavy atom. The lowest BCUT2D eigenvalue weighted by Gasteiger charge is -2.30. The molecule has 2 atom stereocenters. The lowest BCUT2D eigenvalue weighted by Crippen LogP contribution is -2.36. The first kappa shape index (κ1) is 18.5. The topological polar surface area (TPSA) is 50.7 Å². The molecule has 0 amide bonds. The van der Waals surface area contributed by atoms with Crippen LogP contribution < -0.4 is 5.32 Å². The third-order valence-corrected chi connectivity index (χ3v) is 5.15. The van der Waals surface area contributed by atoms with Crippen LogP contribution in [0, 0.1) is 5.92 Å². The molecule has 0 aliphatic carbocycles. The first-order valence-electron chi connectivity index (χ1n) is 8.05. The Kier molecular flexibility index (Phi) is 7.09. The predicted molar refractivity (Wildman–Crippen MR) is 95.9 cm³/mol. The molecule has 0 bridgehead atoms. The number of halogens is 1. The molecule has 2 unspecified atom stereocenters. The van der Waals surface area contributed by atoms with Crippen LogP contribution in [0.2, 0.25) is 0 Å². The lowest BCUT2D eigenvalue weighted by molar-refractivity contribution is -0.0282. The van der Waals surface area contributed by atoms with Crippen LogP contribution in [-0.2, 0) is 9.47 Å². The Bertz CT molecular complexity index is 541. The number of aliphatic hydroxyl groups is 1. The normalized spacial score (nSPS) is 19.9. The van der Waals surface area contributed by atoms with Crippen molar-refractivity contribution in [3.63, 3.8) is 0 Å². The molecular formula is C18H26BrNO3. The van der Waals surface area contributed by atoms with Crippen LogP contribution in [0.4, 0.5) is 0 Å². The zero-order chi connectivity index (χ0) is 16.8. The largest absolute Gasteiger partial charge is 0.385 e. The van der Waals surface area contributed by atoms with Crippen molar-refractivity contribution in [2.45, 2.75) is 39.0 Å². The summed E-state index contributed by atoms with van der Waals surface area (Å²) in [6.07, 6.45) is 1.17. The van der Waals surface area contributed by atoms with E-state index < -0.39 is 6.29 Å². The van der Waals surface area contributed by atoms with Gasteiger partial charge < -0.3 is 19.9 Å². The average Bonchev–Trinajstić information content (AvgIpc) is 2.57. The predicted octanol–water partition coefficient (Wildman–Crippen LogP) is 3.55. The third kappa shape index (κ3) is 4.80. The van der Waals surface area contributed by atoms with E-state index in [0.29, 0.717) is 12.0 Å². The van der Waals surface area contributed by atoms with Crippen molar-refractivity contribution in [1.29, 1.82) is 0 Å². The van der Waals surface area contributed by atoms with Gasteiger partial charge in [-0.25, -0.2) is 0 Å². The zero-order valence-corrected chi connectivity index (χ0v) is 15.6. The molecule has 1 saturated heterocycles. The SMILES string of the molecule is COC(O)/C(=C(/C)NC(C)C1CCOCC1)c1ccccc1Br. The summed E-state index contributed by atoms with van der Waals surface area (Å²) in [4.78, 5) is 0. The fourth-order valence-corrected chi connectivity index (χ4v) is 3.57. The van der Waals surface area contributed by atoms with Gasteiger partial charge in [0.25, 0.3) is 0 Å². The first-order chi connectivity index (χ1) is 11.0. The quantitative estimate of drug-likeness (QED) is 0.737. The minimum absolute atomic E-state index is 0.320. The van der Waals surface area contributed by atoms with Crippen LogP contribution in [0.5, 0.6) is 0 Å². The summed E-state index contributed by atoms with van der Waals surface area (Å²) in [6, 6.07) is 8.18. The number of rotatable bonds is 6. The van der Waals surface area contributed by atoms with Crippen molar-refractivity contribution in [1.82, 2.24) is 5.32 Å². The van der Waals surface area contributed by atoms with Crippen LogP contribution in [0.15, 0.2) is 34.4 Å². The molecule has 1 fully saturated rings. The maximum Gasteiger partial charge on any atom is 0.183 e. The van der Waals surface area contributed by atoms with E-state index in [9.17, 15) is 5.11 Å². The number of allylic oxidation sites excluding steroid dienone is 1. The first-order valence-corrected chi connectivity index (χ1v) is 8.84. The maximum atomic E-state index is 10.3. The highest BCUT2D eigenvalue weighted by atomic mass is 79.9. The van der Waals surface area contributed by atoms with E-state index in [-0.39, 0.29) is 0 Å². The molecule has 0 saturated carbocycles. The fourth-order valence-electron chi connectivity index (χ4n) is 3.07. The Hall–Kier alpha value is -0.880. The van der Waals surface area contributed by atoms with E-state index in [1.54, 1.807) is 0 Å². The van der Waals surface area contributed by atoms with E-state index in [0.717, 1.165) is 47.4 Å². The highest BCUT2D eigenvalue weighted by Crippen LogP contribution is 2.29. The summed E-state index contributed by atoms with van der Waals surface area (Å²) < 4.78 is 11.6. The number of hydrogen-bond donors (Lipinski definition) is 2. The highest BCUT2D eigenvalue weighted by molar-refractivity contribution is 9.10. The van der Waals surface area contributed by atoms with Gasteiger partial charge in [0.1, 0.15) is 0 Å². The van der Waals surface area contributed by atoms with E-state index in [4.69, 9.17) is 9.47 Å². The van der Waals surface area contributed by atoms with Crippen molar-refractivity contribution in [3.05, 3.63) is 40.0 Å². The van der Waals surface area contributed by atoms with Gasteiger partial charge in [-0.15, -0.1) is 0 Å². The van der Waals surface area contributed by atoms with E-state index >= 15 is 0 Å². The van der Waals surface area contributed by atoms with Crippen molar-refractivity contribution in [3.8, 4) is 0 Å². The fraction of sp³-hybridized carbons (Fsp3) is 0.556. The van der Waals surface area contributed by atoms with Gasteiger partial charge >= 0.3 is 0 Å². The smallest absolute Gasteiger partial charge is 0.183 e. The van der Waals surface area contributed by atoms with Crippen molar-refractivity contribution < 1.29 is 14.6 Å². The molecule has 5 heteroatoms. The molecule has 0 radical (unpaired) electrons. The van der Waals surface area contributed by atoms with Crippen molar-refractivity contribution in [2.24, 2.45) is 5.92 Å². The summed E-state index contributed by atoms with van der Waals surface area (Å²) in [6.45, 7) is 5.84. The van der Waals surface area contributed by atoms with Crippen molar-refractivity contribution in [2.75, 3.05) is 20.3 Å². The maximum absolute atomic E-state index is 10.3. The molecule has 1 aromatic carbocycles. The number of hydrogen-bond acceptors (Lipinski definition) is 4. The standard InChI is InChI=1S/C18H26BrNO3/c1-12(14-8-10-23-11-9-14)20-13(2)17(18(21)22-3)15-6-4-5-7-16(15)19/h4-7,12,14,18,20-21H,8-11H2,1-3H3/b17-13-. The Labute approximate surface area is 147 Å². The summed E-state index contributed by atoms with van der Waals surface area (Å²) in [5.74, 6) is 0.582. The number of methoxy groups -OCH3 is 1. The average molecular weight is 384 g/mol. The number of aliphatic hydroxyl groups excluding tert-OH is 1. The molecule has 1 aliphatic heterocycles. The van der Waals surface area contributed by atoms with Gasteiger partial charge in [0.2, 0.25) is 0 Å². The van der Waals surface area contributed by atoms with Crippen LogP contribution in [-0.4, -0.2) is 37.8 Å². The summed E-state index contributed by atoms with van der Waals surface area (Å²) in [7, 11) is 1.51. The van der Waals surface area contributed by atoms with Gasteiger partial charge in [0.15, 0.2) is 6.29 Å². The van der Waals surface area contributed by atoms with Gasteiger partial charge in [0, 0.05) is 42.1 Å². The molecule has 128 valence electrons. The monoisotopic (exact) mass is 383 g/mol. The molecule has 2 rings (SSSR count). The molecule has 4 nitrogen and oxygen atoms in total. The van der Waals surface area contributed by atoms with Crippen LogP contribution >= 0.6 is 15.9 Å². The summed E-state index contributed by atoms with van der Waals surface area (Å²) >= 11 is 3.56. The molecule has 1 heterocycles. The molecule has 2 N–H and O–H groups in total. The second kappa shape index (κ2) is 8.83. The number of benzene rings is 1. The minimum atomic E-state index is -0.969. The Balaban J connectivity index is 2.25. The van der Waals surface area contributed by atoms with Crippen LogP contribution in [0.1, 0.15) is 32.3 Å². The van der Waals surface area contributed by atoms with Crippen LogP contribution in [0.3, 0.4) is 0 Å². The van der Waals surface area contributed by atoms with Gasteiger partial charge in [-0.3, -0.25) is 0 Å². The van der Waals surface area contributed by atoms with Crippen LogP contribution in [0.25, 0.3) is 5.57 Å². The number of ether oxygens (including phenoxy) is 2. The second-order valence-corrected chi connectivity index (χ2v) is 6.84. The lowest BCUT2D eigenvalue weighted by atomic mass is 9.92. The molecule has 23 heavy (non-hydrogen) atoms. The molecule has 0 spiro atoms. The molecule has 1 aromatic rings. The van der Waals surface area contributed by atoms with Gasteiger partial charge in [-0.05, 0) is 44.2 Å². The van der Waals surface area contributed by atoms with E-state index in [1.807, 2.05) is 31.2 Å². The Morgan fingerprint density at radius 2 is 2.00 bits per heavy atom. The molecule has 0 aromatic heterocycles. The highest BCUT2D eigenvalue weighted by Gasteiger charge is 2.23. The Morgan fingerprint density at radius 1 is 1.35 bits per heavy atom.